The average Bonchev–Trinajstić information content (AvgIpc) is 2.24. The summed E-state index contributed by atoms with van der Waals surface area (Å²) in [6.45, 7) is 3.72. The van der Waals surface area contributed by atoms with Crippen LogP contribution in [0.4, 0.5) is 4.39 Å². The van der Waals surface area contributed by atoms with Gasteiger partial charge in [0.05, 0.1) is 3.70 Å². The molecular formula is C11H16FIN2. The summed E-state index contributed by atoms with van der Waals surface area (Å²) in [7, 11) is 1.84. The number of nitrogens with one attached hydrogen (secondary N) is 2. The van der Waals surface area contributed by atoms with Gasteiger partial charge in [0.15, 0.2) is 0 Å². The highest BCUT2D eigenvalue weighted by molar-refractivity contribution is 14.1. The van der Waals surface area contributed by atoms with Gasteiger partial charge >= 0.3 is 0 Å². The number of hydrogen-bond acceptors (Lipinski definition) is 2. The van der Waals surface area contributed by atoms with Crippen molar-refractivity contribution in [1.29, 1.82) is 0 Å². The van der Waals surface area contributed by atoms with Crippen LogP contribution in [0.2, 0.25) is 0 Å². The molecule has 0 bridgehead atoms. The first-order chi connectivity index (χ1) is 7.11. The first-order valence-corrected chi connectivity index (χ1v) is 5.65. The molecule has 0 spiro atoms. The van der Waals surface area contributed by atoms with Crippen LogP contribution in [0.3, 0.4) is 0 Å². The van der Waals surface area contributed by atoms with Crippen molar-refractivity contribution in [1.82, 2.24) is 10.9 Å². The number of allylic oxidation sites excluding steroid dienone is 1. The SMILES string of the molecule is C/C=C(/I)NNC.Cc1ccccc1F. The molecule has 0 saturated carbocycles. The normalized spacial score (nSPS) is 10.3. The van der Waals surface area contributed by atoms with Crippen molar-refractivity contribution in [3.63, 3.8) is 0 Å². The predicted molar refractivity (Wildman–Crippen MR) is 71.1 cm³/mol. The lowest BCUT2D eigenvalue weighted by molar-refractivity contribution is 0.618. The summed E-state index contributed by atoms with van der Waals surface area (Å²) >= 11 is 2.19. The van der Waals surface area contributed by atoms with Gasteiger partial charge in [-0.25, -0.2) is 9.82 Å². The third-order valence-corrected chi connectivity index (χ3v) is 2.47. The summed E-state index contributed by atoms with van der Waals surface area (Å²) in [5.74, 6) is -0.132. The van der Waals surface area contributed by atoms with Crippen molar-refractivity contribution in [3.05, 3.63) is 45.4 Å². The molecule has 1 rings (SSSR count). The van der Waals surface area contributed by atoms with E-state index in [1.807, 2.05) is 26.1 Å². The van der Waals surface area contributed by atoms with Crippen LogP contribution in [-0.2, 0) is 0 Å². The summed E-state index contributed by atoms with van der Waals surface area (Å²) in [6.07, 6.45) is 1.98. The van der Waals surface area contributed by atoms with Gasteiger partial charge < -0.3 is 5.43 Å². The second-order valence-electron chi connectivity index (χ2n) is 2.76. The fourth-order valence-electron chi connectivity index (χ4n) is 0.743. The Kier molecular flexibility index (Phi) is 8.31. The summed E-state index contributed by atoms with van der Waals surface area (Å²) in [5, 5.41) is 0. The van der Waals surface area contributed by atoms with Crippen molar-refractivity contribution in [2.45, 2.75) is 13.8 Å². The topological polar surface area (TPSA) is 24.1 Å². The van der Waals surface area contributed by atoms with Gasteiger partial charge in [0.1, 0.15) is 5.82 Å². The van der Waals surface area contributed by atoms with E-state index in [-0.39, 0.29) is 5.82 Å². The maximum atomic E-state index is 12.3. The lowest BCUT2D eigenvalue weighted by Crippen LogP contribution is -2.23. The minimum Gasteiger partial charge on any atom is -0.317 e. The second-order valence-corrected chi connectivity index (χ2v) is 3.92. The molecule has 1 aromatic rings. The molecule has 0 amide bonds. The third kappa shape index (κ3) is 7.33. The molecule has 2 nitrogen and oxygen atoms in total. The van der Waals surface area contributed by atoms with Crippen LogP contribution in [0.15, 0.2) is 34.0 Å². The van der Waals surface area contributed by atoms with Gasteiger partial charge in [-0.1, -0.05) is 24.3 Å². The average molecular weight is 322 g/mol. The molecule has 2 N–H and O–H groups in total. The zero-order valence-corrected chi connectivity index (χ0v) is 11.3. The van der Waals surface area contributed by atoms with E-state index in [4.69, 9.17) is 0 Å². The molecule has 0 unspecified atom stereocenters. The maximum Gasteiger partial charge on any atom is 0.126 e. The Hall–Kier alpha value is -0.620. The van der Waals surface area contributed by atoms with Gasteiger partial charge in [0.2, 0.25) is 0 Å². The lowest BCUT2D eigenvalue weighted by atomic mass is 10.2. The smallest absolute Gasteiger partial charge is 0.126 e. The Bertz CT molecular complexity index is 292. The number of rotatable bonds is 2. The van der Waals surface area contributed by atoms with Gasteiger partial charge in [-0.05, 0) is 48.1 Å². The molecule has 0 atom stereocenters. The van der Waals surface area contributed by atoms with Crippen molar-refractivity contribution in [2.24, 2.45) is 0 Å². The first-order valence-electron chi connectivity index (χ1n) is 4.57. The Labute approximate surface area is 104 Å². The van der Waals surface area contributed by atoms with Crippen LogP contribution in [-0.4, -0.2) is 7.05 Å². The highest BCUT2D eigenvalue weighted by atomic mass is 127. The summed E-state index contributed by atoms with van der Waals surface area (Å²) in [4.78, 5) is 0. The van der Waals surface area contributed by atoms with Crippen molar-refractivity contribution in [2.75, 3.05) is 7.05 Å². The summed E-state index contributed by atoms with van der Waals surface area (Å²) in [6, 6.07) is 6.70. The van der Waals surface area contributed by atoms with E-state index < -0.39 is 0 Å². The van der Waals surface area contributed by atoms with Crippen LogP contribution in [0.1, 0.15) is 12.5 Å². The molecule has 0 aromatic heterocycles. The van der Waals surface area contributed by atoms with Crippen LogP contribution in [0.25, 0.3) is 0 Å². The van der Waals surface area contributed by atoms with Crippen LogP contribution in [0, 0.1) is 12.7 Å². The van der Waals surface area contributed by atoms with E-state index >= 15 is 0 Å². The molecule has 0 radical (unpaired) electrons. The maximum absolute atomic E-state index is 12.3. The number of benzene rings is 1. The zero-order chi connectivity index (χ0) is 11.7. The summed E-state index contributed by atoms with van der Waals surface area (Å²) in [5.41, 5.74) is 6.39. The molecule has 0 aliphatic rings. The third-order valence-electron chi connectivity index (χ3n) is 1.57. The zero-order valence-electron chi connectivity index (χ0n) is 9.14. The van der Waals surface area contributed by atoms with E-state index in [1.54, 1.807) is 19.1 Å². The van der Waals surface area contributed by atoms with Crippen LogP contribution >= 0.6 is 22.6 Å². The van der Waals surface area contributed by atoms with Gasteiger partial charge in [-0.2, -0.15) is 0 Å². The van der Waals surface area contributed by atoms with E-state index in [2.05, 4.69) is 33.4 Å². The fourth-order valence-corrected chi connectivity index (χ4v) is 1.01. The molecule has 15 heavy (non-hydrogen) atoms. The molecule has 84 valence electrons. The Balaban J connectivity index is 0.000000265. The largest absolute Gasteiger partial charge is 0.317 e. The standard InChI is InChI=1S/C7H7F.C4H9IN2/c1-6-4-2-3-5-7(6)8;1-3-4(5)7-6-2/h2-5H,1H3;3,6-7H,1-2H3/b;4-3-. The molecule has 0 saturated heterocycles. The highest BCUT2D eigenvalue weighted by Crippen LogP contribution is 2.02. The molecule has 0 heterocycles. The minimum absolute atomic E-state index is 0.132. The number of hydrogen-bond donors (Lipinski definition) is 2. The van der Waals surface area contributed by atoms with E-state index in [9.17, 15) is 4.39 Å². The van der Waals surface area contributed by atoms with E-state index in [0.29, 0.717) is 5.56 Å². The van der Waals surface area contributed by atoms with E-state index in [0.717, 1.165) is 3.70 Å². The quantitative estimate of drug-likeness (QED) is 0.497. The highest BCUT2D eigenvalue weighted by Gasteiger charge is 1.88. The van der Waals surface area contributed by atoms with Gasteiger partial charge in [-0.15, -0.1) is 0 Å². The number of aryl methyl sites for hydroxylation is 1. The minimum atomic E-state index is -0.132. The molecule has 0 aliphatic carbocycles. The lowest BCUT2D eigenvalue weighted by Gasteiger charge is -1.97. The van der Waals surface area contributed by atoms with Gasteiger partial charge in [-0.3, -0.25) is 0 Å². The van der Waals surface area contributed by atoms with Gasteiger partial charge in [0, 0.05) is 7.05 Å². The summed E-state index contributed by atoms with van der Waals surface area (Å²) < 4.78 is 13.4. The Morgan fingerprint density at radius 3 is 2.27 bits per heavy atom. The van der Waals surface area contributed by atoms with Crippen molar-refractivity contribution < 1.29 is 4.39 Å². The first kappa shape index (κ1) is 14.4. The van der Waals surface area contributed by atoms with Gasteiger partial charge in [0.25, 0.3) is 0 Å². The monoisotopic (exact) mass is 322 g/mol. The Morgan fingerprint density at radius 2 is 2.00 bits per heavy atom. The molecule has 1 aromatic carbocycles. The second kappa shape index (κ2) is 8.67. The van der Waals surface area contributed by atoms with E-state index in [1.165, 1.54) is 6.07 Å². The Morgan fingerprint density at radius 1 is 1.40 bits per heavy atom. The molecule has 4 heteroatoms. The van der Waals surface area contributed by atoms with Crippen LogP contribution < -0.4 is 10.9 Å². The molecule has 0 aliphatic heterocycles. The molecular weight excluding hydrogens is 306 g/mol. The van der Waals surface area contributed by atoms with Crippen molar-refractivity contribution >= 4 is 22.6 Å². The fraction of sp³-hybridized carbons (Fsp3) is 0.273. The number of hydrazine groups is 1. The van der Waals surface area contributed by atoms with Crippen LogP contribution in [0.5, 0.6) is 0 Å². The molecule has 0 fully saturated rings. The van der Waals surface area contributed by atoms with Crippen molar-refractivity contribution in [3.8, 4) is 0 Å². The number of halogens is 2. The predicted octanol–water partition coefficient (Wildman–Crippen LogP) is 3.14.